The molecule has 0 bridgehead atoms. The number of aryl methyl sites for hydroxylation is 1. The molecule has 1 aromatic heterocycles. The zero-order valence-corrected chi connectivity index (χ0v) is 16.5. The highest BCUT2D eigenvalue weighted by Gasteiger charge is 2.21. The van der Waals surface area contributed by atoms with Crippen LogP contribution in [-0.2, 0) is 6.54 Å². The molecule has 1 heterocycles. The standard InChI is InChI=1S/C22H22F2N4O/c1-14(2)28(13-16-7-5-4-6-8-16)21(29)20-11-15(3)25-22(27-20)26-17-9-10-18(23)19(24)12-17/h4-12,14H,13H2,1-3H3,(H,25,26,27). The summed E-state index contributed by atoms with van der Waals surface area (Å²) in [6, 6.07) is 14.7. The Morgan fingerprint density at radius 1 is 1.03 bits per heavy atom. The molecule has 7 heteroatoms. The number of nitrogens with zero attached hydrogens (tertiary/aromatic N) is 3. The van der Waals surface area contributed by atoms with E-state index in [0.29, 0.717) is 12.2 Å². The van der Waals surface area contributed by atoms with Crippen LogP contribution >= 0.6 is 0 Å². The number of amides is 1. The Labute approximate surface area is 168 Å². The second-order valence-electron chi connectivity index (χ2n) is 6.98. The number of halogens is 2. The molecule has 29 heavy (non-hydrogen) atoms. The fraction of sp³-hybridized carbons (Fsp3) is 0.227. The summed E-state index contributed by atoms with van der Waals surface area (Å²) in [6.45, 7) is 6.07. The van der Waals surface area contributed by atoms with Gasteiger partial charge >= 0.3 is 0 Å². The van der Waals surface area contributed by atoms with E-state index in [9.17, 15) is 13.6 Å². The van der Waals surface area contributed by atoms with Crippen LogP contribution in [0.4, 0.5) is 20.4 Å². The van der Waals surface area contributed by atoms with Gasteiger partial charge in [-0.2, -0.15) is 0 Å². The average Bonchev–Trinajstić information content (AvgIpc) is 2.68. The molecule has 150 valence electrons. The van der Waals surface area contributed by atoms with E-state index in [2.05, 4.69) is 15.3 Å². The fourth-order valence-electron chi connectivity index (χ4n) is 2.85. The van der Waals surface area contributed by atoms with E-state index in [4.69, 9.17) is 0 Å². The zero-order valence-electron chi connectivity index (χ0n) is 16.5. The number of hydrogen-bond donors (Lipinski definition) is 1. The number of anilines is 2. The quantitative estimate of drug-likeness (QED) is 0.647. The van der Waals surface area contributed by atoms with Crippen molar-refractivity contribution in [1.82, 2.24) is 14.9 Å². The van der Waals surface area contributed by atoms with E-state index < -0.39 is 11.6 Å². The van der Waals surface area contributed by atoms with E-state index in [1.807, 2.05) is 44.2 Å². The van der Waals surface area contributed by atoms with Crippen LogP contribution in [0.25, 0.3) is 0 Å². The highest BCUT2D eigenvalue weighted by Crippen LogP contribution is 2.19. The maximum Gasteiger partial charge on any atom is 0.273 e. The molecular weight excluding hydrogens is 374 g/mol. The van der Waals surface area contributed by atoms with E-state index in [1.165, 1.54) is 6.07 Å². The van der Waals surface area contributed by atoms with Gasteiger partial charge in [0.15, 0.2) is 11.6 Å². The SMILES string of the molecule is Cc1cc(C(=O)N(Cc2ccccc2)C(C)C)nc(Nc2ccc(F)c(F)c2)n1. The monoisotopic (exact) mass is 396 g/mol. The molecule has 0 aliphatic rings. The van der Waals surface area contributed by atoms with E-state index in [1.54, 1.807) is 17.9 Å². The third kappa shape index (κ3) is 5.13. The molecular formula is C22H22F2N4O. The number of nitrogens with one attached hydrogen (secondary N) is 1. The van der Waals surface area contributed by atoms with Crippen LogP contribution < -0.4 is 5.32 Å². The van der Waals surface area contributed by atoms with Crippen molar-refractivity contribution in [1.29, 1.82) is 0 Å². The maximum absolute atomic E-state index is 13.5. The van der Waals surface area contributed by atoms with Crippen molar-refractivity contribution in [3.63, 3.8) is 0 Å². The summed E-state index contributed by atoms with van der Waals surface area (Å²) in [5.74, 6) is -2.01. The lowest BCUT2D eigenvalue weighted by molar-refractivity contribution is 0.0684. The molecule has 1 amide bonds. The summed E-state index contributed by atoms with van der Waals surface area (Å²) in [7, 11) is 0. The number of rotatable bonds is 6. The first-order valence-corrected chi connectivity index (χ1v) is 9.26. The van der Waals surface area contributed by atoms with E-state index in [0.717, 1.165) is 17.7 Å². The molecule has 1 N–H and O–H groups in total. The Balaban J connectivity index is 1.86. The summed E-state index contributed by atoms with van der Waals surface area (Å²) in [6.07, 6.45) is 0. The minimum absolute atomic E-state index is 0.0411. The van der Waals surface area contributed by atoms with Crippen molar-refractivity contribution < 1.29 is 13.6 Å². The lowest BCUT2D eigenvalue weighted by Crippen LogP contribution is -2.37. The summed E-state index contributed by atoms with van der Waals surface area (Å²) >= 11 is 0. The van der Waals surface area contributed by atoms with E-state index in [-0.39, 0.29) is 29.3 Å². The molecule has 5 nitrogen and oxygen atoms in total. The van der Waals surface area contributed by atoms with Gasteiger partial charge in [-0.05, 0) is 44.5 Å². The molecule has 0 aliphatic heterocycles. The first kappa shape index (κ1) is 20.4. The van der Waals surface area contributed by atoms with Crippen LogP contribution in [0.2, 0.25) is 0 Å². The molecule has 0 unspecified atom stereocenters. The van der Waals surface area contributed by atoms with Gasteiger partial charge in [0.25, 0.3) is 5.91 Å². The Morgan fingerprint density at radius 3 is 2.41 bits per heavy atom. The number of carbonyl (C=O) groups is 1. The van der Waals surface area contributed by atoms with Gasteiger partial charge in [-0.3, -0.25) is 4.79 Å². The van der Waals surface area contributed by atoms with E-state index >= 15 is 0 Å². The summed E-state index contributed by atoms with van der Waals surface area (Å²) < 4.78 is 26.6. The van der Waals surface area contributed by atoms with Crippen LogP contribution in [0.3, 0.4) is 0 Å². The van der Waals surface area contributed by atoms with Crippen LogP contribution in [0.15, 0.2) is 54.6 Å². The normalized spacial score (nSPS) is 10.8. The minimum atomic E-state index is -0.979. The van der Waals surface area contributed by atoms with Gasteiger partial charge in [0.2, 0.25) is 5.95 Å². The highest BCUT2D eigenvalue weighted by atomic mass is 19.2. The third-order valence-corrected chi connectivity index (χ3v) is 4.33. The number of benzene rings is 2. The van der Waals surface area contributed by atoms with Gasteiger partial charge in [0.05, 0.1) is 0 Å². The molecule has 0 atom stereocenters. The van der Waals surface area contributed by atoms with Crippen LogP contribution in [0.1, 0.15) is 35.6 Å². The highest BCUT2D eigenvalue weighted by molar-refractivity contribution is 5.93. The summed E-state index contributed by atoms with van der Waals surface area (Å²) in [4.78, 5) is 23.4. The minimum Gasteiger partial charge on any atom is -0.331 e. The average molecular weight is 396 g/mol. The molecule has 0 radical (unpaired) electrons. The van der Waals surface area contributed by atoms with Gasteiger partial charge in [-0.15, -0.1) is 0 Å². The molecule has 0 fully saturated rings. The van der Waals surface area contributed by atoms with Gasteiger partial charge < -0.3 is 10.2 Å². The molecule has 2 aromatic carbocycles. The zero-order chi connectivity index (χ0) is 21.0. The van der Waals surface area contributed by atoms with Crippen LogP contribution in [-0.4, -0.2) is 26.8 Å². The van der Waals surface area contributed by atoms with Gasteiger partial charge in [-0.1, -0.05) is 30.3 Å². The van der Waals surface area contributed by atoms with Gasteiger partial charge in [0, 0.05) is 30.0 Å². The maximum atomic E-state index is 13.5. The molecule has 3 rings (SSSR count). The molecule has 0 saturated heterocycles. The predicted octanol–water partition coefficient (Wildman–Crippen LogP) is 4.86. The Morgan fingerprint density at radius 2 is 1.76 bits per heavy atom. The molecule has 0 aliphatic carbocycles. The van der Waals surface area contributed by atoms with Crippen molar-refractivity contribution in [3.8, 4) is 0 Å². The second-order valence-corrected chi connectivity index (χ2v) is 6.98. The molecule has 0 spiro atoms. The largest absolute Gasteiger partial charge is 0.331 e. The number of hydrogen-bond acceptors (Lipinski definition) is 4. The Kier molecular flexibility index (Phi) is 6.16. The first-order chi connectivity index (χ1) is 13.8. The Bertz CT molecular complexity index is 1010. The Hall–Kier alpha value is -3.35. The predicted molar refractivity (Wildman–Crippen MR) is 108 cm³/mol. The van der Waals surface area contributed by atoms with Crippen molar-refractivity contribution in [3.05, 3.63) is 83.2 Å². The second kappa shape index (κ2) is 8.77. The van der Waals surface area contributed by atoms with Gasteiger partial charge in [0.1, 0.15) is 5.69 Å². The third-order valence-electron chi connectivity index (χ3n) is 4.33. The number of aromatic nitrogens is 2. The van der Waals surface area contributed by atoms with Crippen molar-refractivity contribution in [2.24, 2.45) is 0 Å². The van der Waals surface area contributed by atoms with Crippen LogP contribution in [0, 0.1) is 18.6 Å². The van der Waals surface area contributed by atoms with Crippen LogP contribution in [0.5, 0.6) is 0 Å². The van der Waals surface area contributed by atoms with Gasteiger partial charge in [-0.25, -0.2) is 18.7 Å². The smallest absolute Gasteiger partial charge is 0.273 e. The lowest BCUT2D eigenvalue weighted by Gasteiger charge is -2.26. The van der Waals surface area contributed by atoms with Crippen molar-refractivity contribution in [2.75, 3.05) is 5.32 Å². The summed E-state index contributed by atoms with van der Waals surface area (Å²) in [5, 5.41) is 2.83. The number of carbonyl (C=O) groups excluding carboxylic acids is 1. The molecule has 0 saturated carbocycles. The van der Waals surface area contributed by atoms with Crippen molar-refractivity contribution >= 4 is 17.5 Å². The topological polar surface area (TPSA) is 58.1 Å². The first-order valence-electron chi connectivity index (χ1n) is 9.26. The van der Waals surface area contributed by atoms with Crippen molar-refractivity contribution in [2.45, 2.75) is 33.4 Å². The fourth-order valence-corrected chi connectivity index (χ4v) is 2.85. The summed E-state index contributed by atoms with van der Waals surface area (Å²) in [5.41, 5.74) is 2.11. The molecule has 3 aromatic rings. The lowest BCUT2D eigenvalue weighted by atomic mass is 10.1.